The highest BCUT2D eigenvalue weighted by Gasteiger charge is 2.06. The summed E-state index contributed by atoms with van der Waals surface area (Å²) < 4.78 is 6.97. The van der Waals surface area contributed by atoms with Gasteiger partial charge in [-0.1, -0.05) is 0 Å². The Labute approximate surface area is 149 Å². The Morgan fingerprint density at radius 1 is 1.27 bits per heavy atom. The number of rotatable bonds is 4. The van der Waals surface area contributed by atoms with E-state index in [-0.39, 0.29) is 5.91 Å². The van der Waals surface area contributed by atoms with Crippen molar-refractivity contribution in [2.75, 3.05) is 5.32 Å². The van der Waals surface area contributed by atoms with Crippen molar-refractivity contribution in [1.82, 2.24) is 19.7 Å². The predicted molar refractivity (Wildman–Crippen MR) is 98.1 cm³/mol. The van der Waals surface area contributed by atoms with Gasteiger partial charge in [-0.3, -0.25) is 14.5 Å². The van der Waals surface area contributed by atoms with Crippen LogP contribution in [0, 0.1) is 0 Å². The second-order valence-electron chi connectivity index (χ2n) is 5.72. The van der Waals surface area contributed by atoms with Crippen molar-refractivity contribution in [3.8, 4) is 11.1 Å². The molecule has 0 aliphatic rings. The third-order valence-corrected chi connectivity index (χ3v) is 3.88. The van der Waals surface area contributed by atoms with E-state index in [1.165, 1.54) is 12.5 Å². The van der Waals surface area contributed by atoms with E-state index < -0.39 is 0 Å². The van der Waals surface area contributed by atoms with Gasteiger partial charge in [-0.05, 0) is 29.8 Å². The molecule has 0 radical (unpaired) electrons. The van der Waals surface area contributed by atoms with E-state index in [1.807, 2.05) is 19.3 Å². The van der Waals surface area contributed by atoms with Crippen LogP contribution < -0.4 is 5.32 Å². The van der Waals surface area contributed by atoms with Crippen molar-refractivity contribution in [3.05, 3.63) is 67.1 Å². The number of nitrogens with one attached hydrogen (secondary N) is 1. The quantitative estimate of drug-likeness (QED) is 0.574. The van der Waals surface area contributed by atoms with Gasteiger partial charge in [0.15, 0.2) is 12.0 Å². The van der Waals surface area contributed by atoms with E-state index in [9.17, 15) is 4.79 Å². The van der Waals surface area contributed by atoms with Gasteiger partial charge in [-0.25, -0.2) is 4.98 Å². The standard InChI is InChI=1S/C19H15N5O2/c1-24-11-14(10-22-24)16-6-7-20-9-13(16)2-5-19(25)23-15-3-4-17-18(8-15)26-12-21-17/h2-12H,1H3,(H,23,25). The van der Waals surface area contributed by atoms with Crippen LogP contribution in [0.2, 0.25) is 0 Å². The number of pyridine rings is 1. The lowest BCUT2D eigenvalue weighted by atomic mass is 10.0. The van der Waals surface area contributed by atoms with E-state index in [4.69, 9.17) is 4.42 Å². The molecule has 0 unspecified atom stereocenters. The van der Waals surface area contributed by atoms with E-state index in [0.29, 0.717) is 11.3 Å². The van der Waals surface area contributed by atoms with E-state index in [2.05, 4.69) is 20.4 Å². The van der Waals surface area contributed by atoms with Crippen LogP contribution in [0.5, 0.6) is 0 Å². The molecule has 1 aromatic carbocycles. The highest BCUT2D eigenvalue weighted by Crippen LogP contribution is 2.23. The Balaban J connectivity index is 1.53. The predicted octanol–water partition coefficient (Wildman–Crippen LogP) is 3.28. The zero-order chi connectivity index (χ0) is 17.9. The first-order valence-electron chi connectivity index (χ1n) is 7.94. The molecule has 1 amide bonds. The average molecular weight is 345 g/mol. The van der Waals surface area contributed by atoms with Gasteiger partial charge >= 0.3 is 0 Å². The van der Waals surface area contributed by atoms with Gasteiger partial charge in [0.1, 0.15) is 5.52 Å². The zero-order valence-electron chi connectivity index (χ0n) is 14.0. The lowest BCUT2D eigenvalue weighted by Crippen LogP contribution is -2.07. The summed E-state index contributed by atoms with van der Waals surface area (Å²) in [5.74, 6) is -0.246. The number of carbonyl (C=O) groups excluding carboxylic acids is 1. The van der Waals surface area contributed by atoms with Crippen LogP contribution in [0.1, 0.15) is 5.56 Å². The van der Waals surface area contributed by atoms with Crippen molar-refractivity contribution in [2.24, 2.45) is 7.05 Å². The molecule has 4 aromatic rings. The minimum absolute atomic E-state index is 0.246. The molecule has 128 valence electrons. The van der Waals surface area contributed by atoms with Crippen molar-refractivity contribution < 1.29 is 9.21 Å². The molecule has 0 atom stereocenters. The number of aromatic nitrogens is 4. The fourth-order valence-corrected chi connectivity index (χ4v) is 2.64. The monoisotopic (exact) mass is 345 g/mol. The topological polar surface area (TPSA) is 85.8 Å². The number of amides is 1. The smallest absolute Gasteiger partial charge is 0.248 e. The van der Waals surface area contributed by atoms with Crippen LogP contribution in [0.15, 0.2) is 65.9 Å². The van der Waals surface area contributed by atoms with Gasteiger partial charge in [0, 0.05) is 54.6 Å². The van der Waals surface area contributed by atoms with E-state index in [1.54, 1.807) is 47.5 Å². The molecular weight excluding hydrogens is 330 g/mol. The number of hydrogen-bond donors (Lipinski definition) is 1. The van der Waals surface area contributed by atoms with Crippen LogP contribution in [-0.4, -0.2) is 25.7 Å². The molecule has 0 aliphatic heterocycles. The summed E-state index contributed by atoms with van der Waals surface area (Å²) in [4.78, 5) is 20.4. The summed E-state index contributed by atoms with van der Waals surface area (Å²) in [6.45, 7) is 0. The van der Waals surface area contributed by atoms with Crippen molar-refractivity contribution in [1.29, 1.82) is 0 Å². The molecule has 4 rings (SSSR count). The number of nitrogens with zero attached hydrogens (tertiary/aromatic N) is 4. The van der Waals surface area contributed by atoms with Gasteiger partial charge < -0.3 is 9.73 Å². The third kappa shape index (κ3) is 3.23. The largest absolute Gasteiger partial charge is 0.443 e. The molecule has 7 nitrogen and oxygen atoms in total. The number of aryl methyl sites for hydroxylation is 1. The van der Waals surface area contributed by atoms with Gasteiger partial charge in [-0.15, -0.1) is 0 Å². The summed E-state index contributed by atoms with van der Waals surface area (Å²) in [6, 6.07) is 7.20. The summed E-state index contributed by atoms with van der Waals surface area (Å²) >= 11 is 0. The molecule has 0 aliphatic carbocycles. The molecule has 3 aromatic heterocycles. The lowest BCUT2D eigenvalue weighted by Gasteiger charge is -2.03. The lowest BCUT2D eigenvalue weighted by molar-refractivity contribution is -0.111. The number of anilines is 1. The fraction of sp³-hybridized carbons (Fsp3) is 0.0526. The van der Waals surface area contributed by atoms with Gasteiger partial charge in [0.05, 0.1) is 6.20 Å². The highest BCUT2D eigenvalue weighted by atomic mass is 16.3. The maximum absolute atomic E-state index is 12.2. The molecule has 0 spiro atoms. The van der Waals surface area contributed by atoms with Crippen LogP contribution >= 0.6 is 0 Å². The normalized spacial score (nSPS) is 11.3. The van der Waals surface area contributed by atoms with Crippen molar-refractivity contribution in [2.45, 2.75) is 0 Å². The molecular formula is C19H15N5O2. The first-order chi connectivity index (χ1) is 12.7. The number of carbonyl (C=O) groups is 1. The molecule has 0 fully saturated rings. The third-order valence-electron chi connectivity index (χ3n) is 3.88. The minimum Gasteiger partial charge on any atom is -0.443 e. The van der Waals surface area contributed by atoms with Gasteiger partial charge in [-0.2, -0.15) is 5.10 Å². The molecule has 26 heavy (non-hydrogen) atoms. The summed E-state index contributed by atoms with van der Waals surface area (Å²) in [5.41, 5.74) is 4.77. The molecule has 0 saturated heterocycles. The Kier molecular flexibility index (Phi) is 4.03. The highest BCUT2D eigenvalue weighted by molar-refractivity contribution is 6.03. The molecule has 0 saturated carbocycles. The van der Waals surface area contributed by atoms with E-state index in [0.717, 1.165) is 22.2 Å². The Morgan fingerprint density at radius 3 is 3.04 bits per heavy atom. The van der Waals surface area contributed by atoms with Crippen LogP contribution in [0.4, 0.5) is 5.69 Å². The summed E-state index contributed by atoms with van der Waals surface area (Å²) in [7, 11) is 1.86. The SMILES string of the molecule is Cn1cc(-c2ccncc2C=CC(=O)Nc2ccc3ncoc3c2)cn1. The molecule has 7 heteroatoms. The van der Waals surface area contributed by atoms with Crippen molar-refractivity contribution in [3.63, 3.8) is 0 Å². The minimum atomic E-state index is -0.246. The Hall–Kier alpha value is -3.74. The zero-order valence-corrected chi connectivity index (χ0v) is 14.0. The maximum atomic E-state index is 12.2. The van der Waals surface area contributed by atoms with Gasteiger partial charge in [0.25, 0.3) is 0 Å². The molecule has 0 bridgehead atoms. The Morgan fingerprint density at radius 2 is 2.19 bits per heavy atom. The first-order valence-corrected chi connectivity index (χ1v) is 7.94. The summed E-state index contributed by atoms with van der Waals surface area (Å²) in [5, 5.41) is 6.99. The number of hydrogen-bond acceptors (Lipinski definition) is 5. The fourth-order valence-electron chi connectivity index (χ4n) is 2.64. The van der Waals surface area contributed by atoms with Crippen LogP contribution in [0.25, 0.3) is 28.3 Å². The van der Waals surface area contributed by atoms with Crippen LogP contribution in [0.3, 0.4) is 0 Å². The van der Waals surface area contributed by atoms with Gasteiger partial charge in [0.2, 0.25) is 5.91 Å². The second-order valence-corrected chi connectivity index (χ2v) is 5.72. The van der Waals surface area contributed by atoms with E-state index >= 15 is 0 Å². The van der Waals surface area contributed by atoms with Crippen LogP contribution in [-0.2, 0) is 11.8 Å². The second kappa shape index (κ2) is 6.64. The summed E-state index contributed by atoms with van der Waals surface area (Å²) in [6.07, 6.45) is 11.7. The Bertz CT molecular complexity index is 1110. The molecule has 1 N–H and O–H groups in total. The number of fused-ring (bicyclic) bond motifs is 1. The average Bonchev–Trinajstić information content (AvgIpc) is 3.28. The first kappa shape index (κ1) is 15.8. The number of benzene rings is 1. The number of oxazole rings is 1. The maximum Gasteiger partial charge on any atom is 0.248 e. The molecule has 3 heterocycles. The van der Waals surface area contributed by atoms with Crippen molar-refractivity contribution >= 4 is 28.8 Å².